The van der Waals surface area contributed by atoms with Crippen LogP contribution in [0.5, 0.6) is 0 Å². The molecule has 1 aliphatic carbocycles. The number of carbonyl (C=O) groups is 1. The Bertz CT molecular complexity index is 1050. The van der Waals surface area contributed by atoms with Gasteiger partial charge in [0.2, 0.25) is 5.91 Å². The number of unbranched alkanes of at least 4 members (excludes halogenated alkanes) is 3. The molecule has 35 heavy (non-hydrogen) atoms. The molecule has 2 aromatic rings. The lowest BCUT2D eigenvalue weighted by molar-refractivity contribution is -0.135. The van der Waals surface area contributed by atoms with Crippen LogP contribution in [0, 0.1) is 11.8 Å². The predicted molar refractivity (Wildman–Crippen MR) is 131 cm³/mol. The van der Waals surface area contributed by atoms with Gasteiger partial charge in [0.1, 0.15) is 5.67 Å². The molecule has 5 heterocycles. The maximum atomic E-state index is 15.7. The second kappa shape index (κ2) is 10.1. The van der Waals surface area contributed by atoms with E-state index in [1.165, 1.54) is 19.3 Å². The minimum atomic E-state index is -1.45. The Morgan fingerprint density at radius 2 is 2.14 bits per heavy atom. The first-order valence-corrected chi connectivity index (χ1v) is 13.4. The number of carbonyl (C=O) groups excluding carboxylic acids is 1. The van der Waals surface area contributed by atoms with Crippen LogP contribution in [-0.2, 0) is 16.0 Å². The van der Waals surface area contributed by atoms with Crippen LogP contribution < -0.4 is 10.6 Å². The van der Waals surface area contributed by atoms with E-state index in [0.717, 1.165) is 31.4 Å². The third kappa shape index (κ3) is 4.94. The van der Waals surface area contributed by atoms with Crippen molar-refractivity contribution in [3.8, 4) is 0 Å². The summed E-state index contributed by atoms with van der Waals surface area (Å²) in [6.07, 6.45) is 10.5. The minimum Gasteiger partial charge on any atom is -0.381 e. The highest BCUT2D eigenvalue weighted by atomic mass is 19.1. The molecule has 0 aromatic carbocycles. The van der Waals surface area contributed by atoms with Crippen molar-refractivity contribution < 1.29 is 13.9 Å². The van der Waals surface area contributed by atoms with Crippen molar-refractivity contribution in [3.63, 3.8) is 0 Å². The van der Waals surface area contributed by atoms with Gasteiger partial charge in [0.25, 0.3) is 5.78 Å². The number of alkyl halides is 1. The maximum Gasteiger partial charge on any atom is 0.251 e. The highest BCUT2D eigenvalue weighted by Crippen LogP contribution is 2.42. The van der Waals surface area contributed by atoms with Crippen molar-refractivity contribution in [1.29, 1.82) is 0 Å². The number of aromatic nitrogens is 4. The van der Waals surface area contributed by atoms with Gasteiger partial charge in [0, 0.05) is 31.4 Å². The number of piperidine rings is 2. The SMILES string of the molecule is CCCCCCC(NC)c1cn2nc(CC3C(=O)NC4CC3C4)c(C3COCCC3(C)F)nc2n1. The number of amides is 1. The number of nitrogens with one attached hydrogen (secondary N) is 2. The molecule has 8 nitrogen and oxygen atoms in total. The summed E-state index contributed by atoms with van der Waals surface area (Å²) in [5.74, 6) is 0.257. The third-order valence-corrected chi connectivity index (χ3v) is 8.40. The molecule has 6 rings (SSSR count). The van der Waals surface area contributed by atoms with Gasteiger partial charge in [-0.05, 0) is 39.2 Å². The van der Waals surface area contributed by atoms with Crippen LogP contribution in [0.4, 0.5) is 4.39 Å². The molecular weight excluding hydrogens is 447 g/mol. The number of hydrogen-bond donors (Lipinski definition) is 2. The lowest BCUT2D eigenvalue weighted by Crippen LogP contribution is -2.57. The molecular formula is C26H39FN6O2. The summed E-state index contributed by atoms with van der Waals surface area (Å²) in [5, 5.41) is 11.4. The fraction of sp³-hybridized carbons (Fsp3) is 0.769. The van der Waals surface area contributed by atoms with Crippen molar-refractivity contribution in [2.24, 2.45) is 11.8 Å². The molecule has 4 unspecified atom stereocenters. The number of rotatable bonds is 10. The summed E-state index contributed by atoms with van der Waals surface area (Å²) < 4.78 is 23.1. The van der Waals surface area contributed by atoms with Crippen molar-refractivity contribution >= 4 is 11.7 Å². The lowest BCUT2D eigenvalue weighted by atomic mass is 9.66. The smallest absolute Gasteiger partial charge is 0.251 e. The van der Waals surface area contributed by atoms with Gasteiger partial charge in [-0.25, -0.2) is 18.9 Å². The van der Waals surface area contributed by atoms with Gasteiger partial charge < -0.3 is 15.4 Å². The van der Waals surface area contributed by atoms with Crippen LogP contribution in [0.1, 0.15) is 94.3 Å². The summed E-state index contributed by atoms with van der Waals surface area (Å²) in [5.41, 5.74) is 0.735. The van der Waals surface area contributed by atoms with E-state index in [1.807, 2.05) is 13.2 Å². The third-order valence-electron chi connectivity index (χ3n) is 8.40. The molecule has 3 saturated heterocycles. The summed E-state index contributed by atoms with van der Waals surface area (Å²) in [7, 11) is 1.95. The first-order valence-electron chi connectivity index (χ1n) is 13.4. The van der Waals surface area contributed by atoms with Gasteiger partial charge in [0.15, 0.2) is 0 Å². The Morgan fingerprint density at radius 3 is 2.86 bits per heavy atom. The lowest BCUT2D eigenvalue weighted by Gasteiger charge is -2.46. The summed E-state index contributed by atoms with van der Waals surface area (Å²) in [4.78, 5) is 22.4. The van der Waals surface area contributed by atoms with Crippen LogP contribution in [0.2, 0.25) is 0 Å². The number of ether oxygens (including phenoxy) is 1. The summed E-state index contributed by atoms with van der Waals surface area (Å²) in [6.45, 7) is 4.50. The van der Waals surface area contributed by atoms with E-state index in [-0.39, 0.29) is 24.5 Å². The molecule has 2 aromatic heterocycles. The van der Waals surface area contributed by atoms with E-state index < -0.39 is 11.6 Å². The van der Waals surface area contributed by atoms with Crippen molar-refractivity contribution in [2.45, 2.75) is 95.3 Å². The first kappa shape index (κ1) is 24.6. The molecule has 2 bridgehead atoms. The Kier molecular flexibility index (Phi) is 7.08. The van der Waals surface area contributed by atoms with E-state index in [2.05, 4.69) is 17.6 Å². The zero-order valence-corrected chi connectivity index (χ0v) is 21.2. The van der Waals surface area contributed by atoms with Gasteiger partial charge in [-0.15, -0.1) is 0 Å². The van der Waals surface area contributed by atoms with Crippen molar-refractivity contribution in [1.82, 2.24) is 30.2 Å². The van der Waals surface area contributed by atoms with Gasteiger partial charge in [-0.2, -0.15) is 5.10 Å². The van der Waals surface area contributed by atoms with Gasteiger partial charge in [-0.3, -0.25) is 4.79 Å². The van der Waals surface area contributed by atoms with Gasteiger partial charge >= 0.3 is 0 Å². The zero-order valence-electron chi connectivity index (χ0n) is 21.2. The highest BCUT2D eigenvalue weighted by Gasteiger charge is 2.47. The number of nitrogens with zero attached hydrogens (tertiary/aromatic N) is 4. The van der Waals surface area contributed by atoms with Crippen molar-refractivity contribution in [3.05, 3.63) is 23.3 Å². The summed E-state index contributed by atoms with van der Waals surface area (Å²) >= 11 is 0. The normalized spacial score (nSPS) is 31.3. The largest absolute Gasteiger partial charge is 0.381 e. The number of hydrogen-bond acceptors (Lipinski definition) is 6. The molecule has 1 amide bonds. The number of fused-ring (bicyclic) bond motifs is 3. The Balaban J connectivity index is 1.48. The average molecular weight is 487 g/mol. The van der Waals surface area contributed by atoms with Crippen LogP contribution >= 0.6 is 0 Å². The van der Waals surface area contributed by atoms with E-state index in [4.69, 9.17) is 19.8 Å². The molecule has 2 N–H and O–H groups in total. The zero-order chi connectivity index (χ0) is 24.6. The molecule has 3 aliphatic heterocycles. The Morgan fingerprint density at radius 1 is 1.31 bits per heavy atom. The topological polar surface area (TPSA) is 93.4 Å². The van der Waals surface area contributed by atoms with E-state index in [1.54, 1.807) is 11.4 Å². The standard InChI is InChI=1S/C26H39FN6O2/c1-4-5-6-7-8-20(28-3)22-14-33-25(30-22)31-23(19-15-35-10-9-26(19,2)27)21(32-33)13-18-16-11-17(12-16)29-24(18)34/h14,16-20,28H,4-13,15H2,1-3H3,(H,29,34). The molecule has 192 valence electrons. The maximum absolute atomic E-state index is 15.7. The fourth-order valence-electron chi connectivity index (χ4n) is 5.97. The van der Waals surface area contributed by atoms with Crippen molar-refractivity contribution in [2.75, 3.05) is 20.3 Å². The van der Waals surface area contributed by atoms with E-state index in [0.29, 0.717) is 48.6 Å². The second-order valence-corrected chi connectivity index (χ2v) is 10.9. The monoisotopic (exact) mass is 486 g/mol. The second-order valence-electron chi connectivity index (χ2n) is 10.9. The Hall–Kier alpha value is -2.13. The molecule has 0 spiro atoms. The fourth-order valence-corrected chi connectivity index (χ4v) is 5.97. The van der Waals surface area contributed by atoms with Crippen LogP contribution in [-0.4, -0.2) is 57.5 Å². The average Bonchev–Trinajstić information content (AvgIpc) is 3.21. The first-order chi connectivity index (χ1) is 16.9. The molecule has 1 saturated carbocycles. The predicted octanol–water partition coefficient (Wildman–Crippen LogP) is 3.65. The highest BCUT2D eigenvalue weighted by molar-refractivity contribution is 5.81. The molecule has 0 radical (unpaired) electrons. The number of halogens is 1. The van der Waals surface area contributed by atoms with Crippen LogP contribution in [0.25, 0.3) is 5.78 Å². The van der Waals surface area contributed by atoms with Gasteiger partial charge in [0.05, 0.1) is 41.8 Å². The van der Waals surface area contributed by atoms with Crippen LogP contribution in [0.3, 0.4) is 0 Å². The number of imidazole rings is 1. The minimum absolute atomic E-state index is 0.0851. The van der Waals surface area contributed by atoms with Crippen LogP contribution in [0.15, 0.2) is 6.20 Å². The van der Waals surface area contributed by atoms with E-state index >= 15 is 4.39 Å². The molecule has 4 atom stereocenters. The van der Waals surface area contributed by atoms with Gasteiger partial charge in [-0.1, -0.05) is 32.6 Å². The Labute approximate surface area is 206 Å². The summed E-state index contributed by atoms with van der Waals surface area (Å²) in [6, 6.07) is 0.437. The molecule has 4 fully saturated rings. The molecule has 4 aliphatic rings. The molecule has 9 heteroatoms. The van der Waals surface area contributed by atoms with E-state index in [9.17, 15) is 4.79 Å². The quantitative estimate of drug-likeness (QED) is 0.498.